The maximum absolute atomic E-state index is 12.9. The molecule has 0 radical (unpaired) electrons. The van der Waals surface area contributed by atoms with Gasteiger partial charge in [0.2, 0.25) is 0 Å². The zero-order valence-corrected chi connectivity index (χ0v) is 10.8. The van der Waals surface area contributed by atoms with Gasteiger partial charge in [0.15, 0.2) is 5.69 Å². The highest BCUT2D eigenvalue weighted by Crippen LogP contribution is 2.22. The van der Waals surface area contributed by atoms with Crippen molar-refractivity contribution >= 4 is 5.97 Å². The quantitative estimate of drug-likeness (QED) is 0.921. The molecule has 1 aromatic carbocycles. The number of carboxylic acids is 1. The molecule has 0 saturated carbocycles. The molecule has 0 bridgehead atoms. The van der Waals surface area contributed by atoms with Crippen LogP contribution in [0.25, 0.3) is 11.3 Å². The number of hydrogen-bond acceptors (Lipinski definition) is 2. The number of hydrogen-bond donors (Lipinski definition) is 1. The van der Waals surface area contributed by atoms with Crippen LogP contribution in [0.15, 0.2) is 30.3 Å². The van der Waals surface area contributed by atoms with Crippen molar-refractivity contribution in [2.24, 2.45) is 5.92 Å². The van der Waals surface area contributed by atoms with Crippen molar-refractivity contribution in [3.05, 3.63) is 41.8 Å². The average Bonchev–Trinajstić information content (AvgIpc) is 2.73. The molecule has 19 heavy (non-hydrogen) atoms. The number of benzene rings is 1. The summed E-state index contributed by atoms with van der Waals surface area (Å²) in [5.74, 6) is -1.05. The zero-order chi connectivity index (χ0) is 14.0. The fourth-order valence-corrected chi connectivity index (χ4v) is 1.86. The summed E-state index contributed by atoms with van der Waals surface area (Å²) in [5.41, 5.74) is 1.44. The molecule has 2 aromatic rings. The van der Waals surface area contributed by atoms with E-state index in [2.05, 4.69) is 5.10 Å². The van der Waals surface area contributed by atoms with Crippen molar-refractivity contribution in [2.75, 3.05) is 0 Å². The van der Waals surface area contributed by atoms with Gasteiger partial charge >= 0.3 is 5.97 Å². The van der Waals surface area contributed by atoms with E-state index < -0.39 is 5.97 Å². The highest BCUT2D eigenvalue weighted by Gasteiger charge is 2.15. The van der Waals surface area contributed by atoms with Gasteiger partial charge in [-0.25, -0.2) is 9.18 Å². The summed E-state index contributed by atoms with van der Waals surface area (Å²) in [6, 6.07) is 7.45. The minimum atomic E-state index is -1.06. The van der Waals surface area contributed by atoms with Gasteiger partial charge in [-0.2, -0.15) is 5.10 Å². The van der Waals surface area contributed by atoms with Gasteiger partial charge in [-0.1, -0.05) is 13.8 Å². The minimum absolute atomic E-state index is 0.0000231. The van der Waals surface area contributed by atoms with Crippen LogP contribution in [0.3, 0.4) is 0 Å². The van der Waals surface area contributed by atoms with E-state index in [1.54, 1.807) is 16.8 Å². The van der Waals surface area contributed by atoms with E-state index in [0.717, 1.165) is 5.56 Å². The Bertz CT molecular complexity index is 588. The number of aromatic nitrogens is 2. The Hall–Kier alpha value is -2.17. The lowest BCUT2D eigenvalue weighted by Crippen LogP contribution is -2.09. The summed E-state index contributed by atoms with van der Waals surface area (Å²) in [7, 11) is 0. The standard InChI is InChI=1S/C14H15FN2O2/c1-9(2)8-17-13(7-12(16-17)14(18)19)10-3-5-11(15)6-4-10/h3-7,9H,8H2,1-2H3,(H,18,19). The lowest BCUT2D eigenvalue weighted by atomic mass is 10.1. The minimum Gasteiger partial charge on any atom is -0.476 e. The summed E-state index contributed by atoms with van der Waals surface area (Å²) in [4.78, 5) is 11.0. The van der Waals surface area contributed by atoms with E-state index >= 15 is 0 Å². The molecule has 4 nitrogen and oxygen atoms in total. The molecule has 0 spiro atoms. The second-order valence-electron chi connectivity index (χ2n) is 4.80. The van der Waals surface area contributed by atoms with Crippen LogP contribution in [0.1, 0.15) is 24.3 Å². The smallest absolute Gasteiger partial charge is 0.356 e. The Labute approximate surface area is 110 Å². The van der Waals surface area contributed by atoms with Crippen molar-refractivity contribution in [1.82, 2.24) is 9.78 Å². The van der Waals surface area contributed by atoms with Gasteiger partial charge in [-0.05, 0) is 36.2 Å². The highest BCUT2D eigenvalue weighted by molar-refractivity contribution is 5.87. The van der Waals surface area contributed by atoms with Gasteiger partial charge < -0.3 is 5.11 Å². The Morgan fingerprint density at radius 1 is 1.37 bits per heavy atom. The van der Waals surface area contributed by atoms with Crippen LogP contribution in [0, 0.1) is 11.7 Å². The molecule has 1 N–H and O–H groups in total. The first kappa shape index (κ1) is 13.3. The molecule has 0 aliphatic carbocycles. The van der Waals surface area contributed by atoms with E-state index in [0.29, 0.717) is 18.2 Å². The molecule has 0 unspecified atom stereocenters. The summed E-state index contributed by atoms with van der Waals surface area (Å²) in [5, 5.41) is 13.1. The molecular weight excluding hydrogens is 247 g/mol. The number of carbonyl (C=O) groups is 1. The summed E-state index contributed by atoms with van der Waals surface area (Å²) in [6.07, 6.45) is 0. The number of halogens is 1. The van der Waals surface area contributed by atoms with Crippen LogP contribution in [-0.4, -0.2) is 20.9 Å². The topological polar surface area (TPSA) is 55.1 Å². The molecule has 100 valence electrons. The van der Waals surface area contributed by atoms with Crippen LogP contribution in [0.2, 0.25) is 0 Å². The molecule has 5 heteroatoms. The molecule has 1 heterocycles. The van der Waals surface area contributed by atoms with E-state index in [1.165, 1.54) is 18.2 Å². The summed E-state index contributed by atoms with van der Waals surface area (Å²) in [6.45, 7) is 4.66. The Kier molecular flexibility index (Phi) is 3.64. The van der Waals surface area contributed by atoms with Crippen LogP contribution < -0.4 is 0 Å². The Morgan fingerprint density at radius 2 is 2.00 bits per heavy atom. The first-order valence-corrected chi connectivity index (χ1v) is 6.04. The van der Waals surface area contributed by atoms with Crippen molar-refractivity contribution in [2.45, 2.75) is 20.4 Å². The molecule has 0 aliphatic heterocycles. The lowest BCUT2D eigenvalue weighted by Gasteiger charge is -2.09. The van der Waals surface area contributed by atoms with Gasteiger partial charge in [0.1, 0.15) is 5.82 Å². The van der Waals surface area contributed by atoms with Gasteiger partial charge in [-0.3, -0.25) is 4.68 Å². The second kappa shape index (κ2) is 5.22. The first-order valence-electron chi connectivity index (χ1n) is 6.04. The van der Waals surface area contributed by atoms with E-state index in [9.17, 15) is 9.18 Å². The molecule has 0 atom stereocenters. The number of nitrogens with zero attached hydrogens (tertiary/aromatic N) is 2. The van der Waals surface area contributed by atoms with Crippen molar-refractivity contribution in [1.29, 1.82) is 0 Å². The van der Waals surface area contributed by atoms with Gasteiger partial charge in [0, 0.05) is 12.1 Å². The maximum Gasteiger partial charge on any atom is 0.356 e. The third kappa shape index (κ3) is 2.99. The molecule has 2 rings (SSSR count). The van der Waals surface area contributed by atoms with E-state index in [-0.39, 0.29) is 11.5 Å². The third-order valence-electron chi connectivity index (χ3n) is 2.68. The number of rotatable bonds is 4. The maximum atomic E-state index is 12.9. The van der Waals surface area contributed by atoms with Gasteiger partial charge in [-0.15, -0.1) is 0 Å². The normalized spacial score (nSPS) is 10.9. The zero-order valence-electron chi connectivity index (χ0n) is 10.8. The van der Waals surface area contributed by atoms with Crippen molar-refractivity contribution in [3.63, 3.8) is 0 Å². The number of aromatic carboxylic acids is 1. The molecule has 0 amide bonds. The van der Waals surface area contributed by atoms with Gasteiger partial charge in [0.25, 0.3) is 0 Å². The van der Waals surface area contributed by atoms with E-state index in [1.807, 2.05) is 13.8 Å². The number of carboxylic acid groups (broad SMARTS) is 1. The molecule has 1 aromatic heterocycles. The summed E-state index contributed by atoms with van der Waals surface area (Å²) >= 11 is 0. The third-order valence-corrected chi connectivity index (χ3v) is 2.68. The fraction of sp³-hybridized carbons (Fsp3) is 0.286. The molecule has 0 saturated heterocycles. The Balaban J connectivity index is 2.47. The Morgan fingerprint density at radius 3 is 2.53 bits per heavy atom. The lowest BCUT2D eigenvalue weighted by molar-refractivity contribution is 0.0689. The predicted molar refractivity (Wildman–Crippen MR) is 69.4 cm³/mol. The monoisotopic (exact) mass is 262 g/mol. The predicted octanol–water partition coefficient (Wildman–Crippen LogP) is 3.04. The molecular formula is C14H15FN2O2. The van der Waals surface area contributed by atoms with Gasteiger partial charge in [0.05, 0.1) is 5.69 Å². The largest absolute Gasteiger partial charge is 0.476 e. The summed E-state index contributed by atoms with van der Waals surface area (Å²) < 4.78 is 14.6. The fourth-order valence-electron chi connectivity index (χ4n) is 1.86. The van der Waals surface area contributed by atoms with Crippen LogP contribution in [-0.2, 0) is 6.54 Å². The highest BCUT2D eigenvalue weighted by atomic mass is 19.1. The van der Waals surface area contributed by atoms with Crippen LogP contribution in [0.5, 0.6) is 0 Å². The average molecular weight is 262 g/mol. The second-order valence-corrected chi connectivity index (χ2v) is 4.80. The molecule has 0 aliphatic rings. The van der Waals surface area contributed by atoms with Crippen LogP contribution >= 0.6 is 0 Å². The van der Waals surface area contributed by atoms with E-state index in [4.69, 9.17) is 5.11 Å². The van der Waals surface area contributed by atoms with Crippen molar-refractivity contribution < 1.29 is 14.3 Å². The van der Waals surface area contributed by atoms with Crippen LogP contribution in [0.4, 0.5) is 4.39 Å². The SMILES string of the molecule is CC(C)Cn1nc(C(=O)O)cc1-c1ccc(F)cc1. The molecule has 0 fully saturated rings. The van der Waals surface area contributed by atoms with Crippen molar-refractivity contribution in [3.8, 4) is 11.3 Å². The first-order chi connectivity index (χ1) is 8.97.